The molecule has 0 aromatic carbocycles. The molecule has 2 saturated heterocycles. The fraction of sp³-hybridized carbons (Fsp3) is 1.00. The van der Waals surface area contributed by atoms with E-state index in [9.17, 15) is 0 Å². The van der Waals surface area contributed by atoms with E-state index in [-0.39, 0.29) is 0 Å². The molecular weight excluding hydrogens is 202 g/mol. The van der Waals surface area contributed by atoms with Crippen molar-refractivity contribution in [2.75, 3.05) is 18.1 Å². The Morgan fingerprint density at radius 1 is 1.40 bits per heavy atom. The van der Waals surface area contributed by atoms with Crippen LogP contribution in [0.4, 0.5) is 0 Å². The van der Waals surface area contributed by atoms with Crippen molar-refractivity contribution >= 4 is 11.8 Å². The molecule has 2 aliphatic heterocycles. The van der Waals surface area contributed by atoms with Gasteiger partial charge in [0.15, 0.2) is 0 Å². The van der Waals surface area contributed by atoms with Gasteiger partial charge in [-0.15, -0.1) is 0 Å². The van der Waals surface area contributed by atoms with Crippen molar-refractivity contribution in [2.45, 2.75) is 57.4 Å². The first-order valence-corrected chi connectivity index (χ1v) is 7.83. The maximum Gasteiger partial charge on any atom is 0.0179 e. The average Bonchev–Trinajstić information content (AvgIpc) is 2.77. The zero-order valence-corrected chi connectivity index (χ0v) is 10.9. The Bertz CT molecular complexity index is 181. The summed E-state index contributed by atoms with van der Waals surface area (Å²) < 4.78 is 0. The predicted molar refractivity (Wildman–Crippen MR) is 69.5 cm³/mol. The summed E-state index contributed by atoms with van der Waals surface area (Å²) in [7, 11) is 0. The van der Waals surface area contributed by atoms with Gasteiger partial charge in [-0.25, -0.2) is 0 Å². The largest absolute Gasteiger partial charge is 0.311 e. The molecule has 1 N–H and O–H groups in total. The van der Waals surface area contributed by atoms with E-state index in [0.717, 1.165) is 5.92 Å². The molecule has 0 bridgehead atoms. The fourth-order valence-electron chi connectivity index (χ4n) is 3.08. The third-order valence-electron chi connectivity index (χ3n) is 4.29. The van der Waals surface area contributed by atoms with Crippen molar-refractivity contribution in [3.63, 3.8) is 0 Å². The van der Waals surface area contributed by atoms with Gasteiger partial charge in [0, 0.05) is 5.54 Å². The molecule has 2 rings (SSSR count). The van der Waals surface area contributed by atoms with Gasteiger partial charge in [-0.05, 0) is 68.9 Å². The molecule has 2 aliphatic rings. The highest BCUT2D eigenvalue weighted by Crippen LogP contribution is 2.33. The second kappa shape index (κ2) is 5.58. The van der Waals surface area contributed by atoms with Crippen LogP contribution in [0.3, 0.4) is 0 Å². The molecule has 15 heavy (non-hydrogen) atoms. The molecule has 88 valence electrons. The van der Waals surface area contributed by atoms with Crippen LogP contribution in [0.1, 0.15) is 51.9 Å². The number of thioether (sulfide) groups is 1. The standard InChI is InChI=1S/C13H25NS/c1-2-13(7-4-9-14-13)8-6-12-5-3-10-15-11-12/h12,14H,2-11H2,1H3. The lowest BCUT2D eigenvalue weighted by molar-refractivity contribution is 0.299. The quantitative estimate of drug-likeness (QED) is 0.789. The van der Waals surface area contributed by atoms with Crippen LogP contribution >= 0.6 is 11.8 Å². The van der Waals surface area contributed by atoms with Crippen LogP contribution in [0.5, 0.6) is 0 Å². The minimum absolute atomic E-state index is 0.530. The van der Waals surface area contributed by atoms with Crippen LogP contribution < -0.4 is 5.32 Å². The Labute approximate surface area is 98.8 Å². The molecule has 2 atom stereocenters. The number of nitrogens with one attached hydrogen (secondary N) is 1. The van der Waals surface area contributed by atoms with Gasteiger partial charge in [0.1, 0.15) is 0 Å². The van der Waals surface area contributed by atoms with E-state index in [0.29, 0.717) is 5.54 Å². The Morgan fingerprint density at radius 3 is 2.93 bits per heavy atom. The maximum absolute atomic E-state index is 3.75. The highest BCUT2D eigenvalue weighted by atomic mass is 32.2. The van der Waals surface area contributed by atoms with E-state index < -0.39 is 0 Å². The Hall–Kier alpha value is 0.310. The van der Waals surface area contributed by atoms with Gasteiger partial charge in [-0.3, -0.25) is 0 Å². The summed E-state index contributed by atoms with van der Waals surface area (Å²) in [5.41, 5.74) is 0.530. The molecule has 0 saturated carbocycles. The van der Waals surface area contributed by atoms with E-state index in [4.69, 9.17) is 0 Å². The van der Waals surface area contributed by atoms with Crippen molar-refractivity contribution < 1.29 is 0 Å². The number of hydrogen-bond acceptors (Lipinski definition) is 2. The number of rotatable bonds is 4. The van der Waals surface area contributed by atoms with Gasteiger partial charge in [-0.1, -0.05) is 6.92 Å². The van der Waals surface area contributed by atoms with Crippen molar-refractivity contribution in [1.29, 1.82) is 0 Å². The van der Waals surface area contributed by atoms with Gasteiger partial charge in [-0.2, -0.15) is 11.8 Å². The highest BCUT2D eigenvalue weighted by molar-refractivity contribution is 7.99. The molecule has 2 unspecified atom stereocenters. The first-order chi connectivity index (χ1) is 7.35. The lowest BCUT2D eigenvalue weighted by atomic mass is 9.85. The smallest absolute Gasteiger partial charge is 0.0179 e. The van der Waals surface area contributed by atoms with Gasteiger partial charge in [0.05, 0.1) is 0 Å². The molecule has 0 aliphatic carbocycles. The van der Waals surface area contributed by atoms with Gasteiger partial charge < -0.3 is 5.32 Å². The molecule has 1 nitrogen and oxygen atoms in total. The zero-order chi connectivity index (χ0) is 10.6. The van der Waals surface area contributed by atoms with Gasteiger partial charge in [0.25, 0.3) is 0 Å². The monoisotopic (exact) mass is 227 g/mol. The second-order valence-electron chi connectivity index (χ2n) is 5.29. The van der Waals surface area contributed by atoms with Gasteiger partial charge in [0.2, 0.25) is 0 Å². The average molecular weight is 227 g/mol. The van der Waals surface area contributed by atoms with Crippen molar-refractivity contribution in [3.8, 4) is 0 Å². The van der Waals surface area contributed by atoms with Crippen LogP contribution in [0, 0.1) is 5.92 Å². The van der Waals surface area contributed by atoms with E-state index in [1.165, 1.54) is 63.0 Å². The fourth-order valence-corrected chi connectivity index (χ4v) is 4.28. The summed E-state index contributed by atoms with van der Waals surface area (Å²) in [5, 5.41) is 3.75. The Morgan fingerprint density at radius 2 is 2.33 bits per heavy atom. The summed E-state index contributed by atoms with van der Waals surface area (Å²) >= 11 is 2.17. The molecular formula is C13H25NS. The van der Waals surface area contributed by atoms with E-state index in [2.05, 4.69) is 24.0 Å². The Balaban J connectivity index is 1.75. The summed E-state index contributed by atoms with van der Waals surface area (Å²) in [5.74, 6) is 3.86. The zero-order valence-electron chi connectivity index (χ0n) is 10.1. The molecule has 2 heteroatoms. The Kier molecular flexibility index (Phi) is 4.39. The molecule has 2 fully saturated rings. The molecule has 0 aromatic heterocycles. The normalized spacial score (nSPS) is 37.0. The minimum atomic E-state index is 0.530. The second-order valence-corrected chi connectivity index (χ2v) is 6.44. The third-order valence-corrected chi connectivity index (χ3v) is 5.58. The van der Waals surface area contributed by atoms with E-state index in [1.807, 2.05) is 0 Å². The molecule has 0 radical (unpaired) electrons. The number of hydrogen-bond donors (Lipinski definition) is 1. The summed E-state index contributed by atoms with van der Waals surface area (Å²) in [6, 6.07) is 0. The van der Waals surface area contributed by atoms with Crippen LogP contribution in [0.25, 0.3) is 0 Å². The van der Waals surface area contributed by atoms with Crippen molar-refractivity contribution in [2.24, 2.45) is 5.92 Å². The lowest BCUT2D eigenvalue weighted by Gasteiger charge is -2.31. The molecule has 0 spiro atoms. The summed E-state index contributed by atoms with van der Waals surface area (Å²) in [4.78, 5) is 0. The third kappa shape index (κ3) is 3.13. The topological polar surface area (TPSA) is 12.0 Å². The van der Waals surface area contributed by atoms with E-state index in [1.54, 1.807) is 0 Å². The van der Waals surface area contributed by atoms with Crippen molar-refractivity contribution in [3.05, 3.63) is 0 Å². The maximum atomic E-state index is 3.75. The van der Waals surface area contributed by atoms with Crippen LogP contribution in [0.15, 0.2) is 0 Å². The van der Waals surface area contributed by atoms with Crippen LogP contribution in [-0.4, -0.2) is 23.6 Å². The predicted octanol–water partition coefficient (Wildman–Crippen LogP) is 3.44. The lowest BCUT2D eigenvalue weighted by Crippen LogP contribution is -2.39. The van der Waals surface area contributed by atoms with Crippen LogP contribution in [-0.2, 0) is 0 Å². The van der Waals surface area contributed by atoms with E-state index >= 15 is 0 Å². The van der Waals surface area contributed by atoms with Crippen LogP contribution in [0.2, 0.25) is 0 Å². The summed E-state index contributed by atoms with van der Waals surface area (Å²) in [6.45, 7) is 3.61. The molecule has 0 aromatic rings. The first-order valence-electron chi connectivity index (χ1n) is 6.67. The molecule has 2 heterocycles. The van der Waals surface area contributed by atoms with Crippen molar-refractivity contribution in [1.82, 2.24) is 5.32 Å². The first kappa shape index (κ1) is 11.8. The summed E-state index contributed by atoms with van der Waals surface area (Å²) in [6.07, 6.45) is 9.99. The van der Waals surface area contributed by atoms with Gasteiger partial charge >= 0.3 is 0 Å². The SMILES string of the molecule is CCC1(CCC2CCCSC2)CCCN1. The highest BCUT2D eigenvalue weighted by Gasteiger charge is 2.31. The minimum Gasteiger partial charge on any atom is -0.311 e. The molecule has 0 amide bonds.